The predicted molar refractivity (Wildman–Crippen MR) is 156 cm³/mol. The molecule has 1 aliphatic carbocycles. The van der Waals surface area contributed by atoms with Crippen LogP contribution >= 0.6 is 0 Å². The van der Waals surface area contributed by atoms with Crippen molar-refractivity contribution in [2.75, 3.05) is 26.7 Å². The maximum atomic E-state index is 13.9. The van der Waals surface area contributed by atoms with Crippen LogP contribution in [0.4, 0.5) is 0 Å². The Kier molecular flexibility index (Phi) is 8.56. The molecule has 9 heteroatoms. The maximum Gasteiger partial charge on any atom is 0.322 e. The number of hydrogen-bond donors (Lipinski definition) is 3. The Hall–Kier alpha value is -4.66. The number of carbonyl (C=O) groups is 4. The van der Waals surface area contributed by atoms with Gasteiger partial charge in [0.1, 0.15) is 12.3 Å². The summed E-state index contributed by atoms with van der Waals surface area (Å²) in [6.45, 7) is 0.537. The van der Waals surface area contributed by atoms with Gasteiger partial charge in [0.25, 0.3) is 5.91 Å². The number of amides is 3. The number of likely N-dealkylation sites (tertiary alicyclic amines) is 1. The molecular formula is C33H35N3O6. The summed E-state index contributed by atoms with van der Waals surface area (Å²) in [5.41, 5.74) is 1.64. The molecule has 3 amide bonds. The summed E-state index contributed by atoms with van der Waals surface area (Å²) in [5, 5.41) is 14.9. The van der Waals surface area contributed by atoms with Crippen molar-refractivity contribution < 1.29 is 29.0 Å². The van der Waals surface area contributed by atoms with Gasteiger partial charge in [-0.15, -0.1) is 0 Å². The molecule has 3 N–H and O–H groups in total. The van der Waals surface area contributed by atoms with Crippen LogP contribution in [0.2, 0.25) is 0 Å². The molecule has 1 heterocycles. The van der Waals surface area contributed by atoms with Gasteiger partial charge in [-0.25, -0.2) is 0 Å². The van der Waals surface area contributed by atoms with E-state index in [9.17, 15) is 24.3 Å². The number of carboxylic acids is 1. The minimum absolute atomic E-state index is 0.00422. The molecule has 1 fully saturated rings. The van der Waals surface area contributed by atoms with Gasteiger partial charge < -0.3 is 25.4 Å². The topological polar surface area (TPSA) is 125 Å². The minimum Gasteiger partial charge on any atom is -0.496 e. The van der Waals surface area contributed by atoms with Crippen molar-refractivity contribution in [3.63, 3.8) is 0 Å². The van der Waals surface area contributed by atoms with Crippen LogP contribution in [-0.4, -0.2) is 66.5 Å². The molecule has 0 unspecified atom stereocenters. The molecule has 3 aromatic carbocycles. The highest BCUT2D eigenvalue weighted by Crippen LogP contribution is 2.48. The number of benzene rings is 3. The van der Waals surface area contributed by atoms with Crippen LogP contribution in [-0.2, 0) is 19.8 Å². The Balaban J connectivity index is 1.33. The van der Waals surface area contributed by atoms with Crippen LogP contribution in [0.5, 0.6) is 5.75 Å². The van der Waals surface area contributed by atoms with Gasteiger partial charge in [0.2, 0.25) is 11.8 Å². The fourth-order valence-electron chi connectivity index (χ4n) is 6.35. The highest BCUT2D eigenvalue weighted by molar-refractivity contribution is 5.97. The minimum atomic E-state index is -1.12. The van der Waals surface area contributed by atoms with Gasteiger partial charge in [0.05, 0.1) is 24.0 Å². The van der Waals surface area contributed by atoms with Crippen molar-refractivity contribution in [3.8, 4) is 5.75 Å². The fourth-order valence-corrected chi connectivity index (χ4v) is 6.35. The molecule has 0 spiro atoms. The van der Waals surface area contributed by atoms with Crippen molar-refractivity contribution in [1.29, 1.82) is 0 Å². The number of fused-ring (bicyclic) bond motifs is 1. The second-order valence-electron chi connectivity index (χ2n) is 10.8. The number of para-hydroxylation sites is 1. The summed E-state index contributed by atoms with van der Waals surface area (Å²) in [4.78, 5) is 53.7. The van der Waals surface area contributed by atoms with Gasteiger partial charge in [-0.2, -0.15) is 0 Å². The van der Waals surface area contributed by atoms with E-state index < -0.39 is 23.8 Å². The fraction of sp³-hybridized carbons (Fsp3) is 0.333. The number of aliphatic carboxylic acids is 1. The summed E-state index contributed by atoms with van der Waals surface area (Å²) >= 11 is 0. The Bertz CT molecular complexity index is 1470. The zero-order chi connectivity index (χ0) is 29.7. The molecule has 42 heavy (non-hydrogen) atoms. The van der Waals surface area contributed by atoms with Crippen LogP contribution < -0.4 is 15.4 Å². The lowest BCUT2D eigenvalue weighted by Crippen LogP contribution is -2.51. The van der Waals surface area contributed by atoms with E-state index in [2.05, 4.69) is 10.6 Å². The molecule has 5 rings (SSSR count). The van der Waals surface area contributed by atoms with Crippen LogP contribution in [0.3, 0.4) is 0 Å². The average molecular weight is 570 g/mol. The number of carbonyl (C=O) groups excluding carboxylic acids is 3. The Morgan fingerprint density at radius 1 is 0.905 bits per heavy atom. The standard InChI is InChI=1S/C33H35N3O6/c1-42-28-14-8-6-12-26(28)30(39)35-23-16-19-36(20-17-23)31(40)25-15-18-33(22-9-3-2-4-10-22,32(41)34-21-29(37)38)27-13-7-5-11-24(25)27/h2-14,23,25H,15-21H2,1H3,(H,34,41)(H,35,39)(H,37,38)/t25-,33+/m0/s1. The van der Waals surface area contributed by atoms with Crippen LogP contribution in [0.15, 0.2) is 78.9 Å². The normalized spacial score (nSPS) is 20.2. The lowest BCUT2D eigenvalue weighted by atomic mass is 9.62. The van der Waals surface area contributed by atoms with Crippen LogP contribution in [0.1, 0.15) is 58.6 Å². The summed E-state index contributed by atoms with van der Waals surface area (Å²) in [7, 11) is 1.53. The number of methoxy groups -OCH3 is 1. The molecule has 9 nitrogen and oxygen atoms in total. The maximum absolute atomic E-state index is 13.9. The number of nitrogens with one attached hydrogen (secondary N) is 2. The summed E-state index contributed by atoms with van der Waals surface area (Å²) in [6.07, 6.45) is 2.07. The Labute approximate surface area is 244 Å². The van der Waals surface area contributed by atoms with Crippen LogP contribution in [0, 0.1) is 0 Å². The number of piperidine rings is 1. The van der Waals surface area contributed by atoms with E-state index in [4.69, 9.17) is 4.74 Å². The smallest absolute Gasteiger partial charge is 0.322 e. The first-order valence-corrected chi connectivity index (χ1v) is 14.2. The molecule has 2 atom stereocenters. The molecule has 0 saturated carbocycles. The van der Waals surface area contributed by atoms with Crippen LogP contribution in [0.25, 0.3) is 0 Å². The molecule has 218 valence electrons. The first kappa shape index (κ1) is 28.9. The largest absolute Gasteiger partial charge is 0.496 e. The SMILES string of the molecule is COc1ccccc1C(=O)NC1CCN(C(=O)[C@H]2CC[C@@](C(=O)NCC(=O)O)(c3ccccc3)c3ccccc32)CC1. The zero-order valence-electron chi connectivity index (χ0n) is 23.5. The number of hydrogen-bond acceptors (Lipinski definition) is 5. The molecule has 3 aromatic rings. The number of rotatable bonds is 8. The first-order chi connectivity index (χ1) is 20.3. The third-order valence-electron chi connectivity index (χ3n) is 8.45. The second-order valence-corrected chi connectivity index (χ2v) is 10.8. The molecule has 1 saturated heterocycles. The summed E-state index contributed by atoms with van der Waals surface area (Å²) in [6, 6.07) is 23.9. The van der Waals surface area contributed by atoms with E-state index in [0.717, 1.165) is 16.7 Å². The Morgan fingerprint density at radius 3 is 2.29 bits per heavy atom. The van der Waals surface area contributed by atoms with Crippen molar-refractivity contribution >= 4 is 23.7 Å². The molecule has 2 aliphatic rings. The highest BCUT2D eigenvalue weighted by Gasteiger charge is 2.49. The summed E-state index contributed by atoms with van der Waals surface area (Å²) in [5.74, 6) is -1.61. The van der Waals surface area contributed by atoms with E-state index in [0.29, 0.717) is 50.1 Å². The zero-order valence-corrected chi connectivity index (χ0v) is 23.5. The molecular weight excluding hydrogens is 534 g/mol. The van der Waals surface area contributed by atoms with Gasteiger partial charge in [-0.3, -0.25) is 19.2 Å². The Morgan fingerprint density at radius 2 is 1.57 bits per heavy atom. The van der Waals surface area contributed by atoms with Crippen molar-refractivity contribution in [2.24, 2.45) is 0 Å². The average Bonchev–Trinajstić information content (AvgIpc) is 3.03. The summed E-state index contributed by atoms with van der Waals surface area (Å²) < 4.78 is 5.32. The van der Waals surface area contributed by atoms with E-state index in [1.54, 1.807) is 18.2 Å². The third kappa shape index (κ3) is 5.59. The first-order valence-electron chi connectivity index (χ1n) is 14.2. The van der Waals surface area contributed by atoms with Gasteiger partial charge in [-0.05, 0) is 54.5 Å². The van der Waals surface area contributed by atoms with Gasteiger partial charge in [-0.1, -0.05) is 66.7 Å². The number of ether oxygens (including phenoxy) is 1. The quantitative estimate of drug-likeness (QED) is 0.382. The predicted octanol–water partition coefficient (Wildman–Crippen LogP) is 3.48. The second kappa shape index (κ2) is 12.5. The van der Waals surface area contributed by atoms with Crippen molar-refractivity contribution in [1.82, 2.24) is 15.5 Å². The lowest BCUT2D eigenvalue weighted by molar-refractivity contribution is -0.138. The van der Waals surface area contributed by atoms with E-state index >= 15 is 0 Å². The van der Waals surface area contributed by atoms with Crippen molar-refractivity contribution in [3.05, 3.63) is 101 Å². The van der Waals surface area contributed by atoms with Crippen molar-refractivity contribution in [2.45, 2.75) is 43.1 Å². The highest BCUT2D eigenvalue weighted by atomic mass is 16.5. The van der Waals surface area contributed by atoms with E-state index in [1.165, 1.54) is 7.11 Å². The van der Waals surface area contributed by atoms with E-state index in [1.807, 2.05) is 65.6 Å². The van der Waals surface area contributed by atoms with E-state index in [-0.39, 0.29) is 23.8 Å². The third-order valence-corrected chi connectivity index (χ3v) is 8.45. The lowest BCUT2D eigenvalue weighted by Gasteiger charge is -2.42. The molecule has 0 bridgehead atoms. The molecule has 0 aromatic heterocycles. The van der Waals surface area contributed by atoms with Gasteiger partial charge in [0.15, 0.2) is 0 Å². The van der Waals surface area contributed by atoms with Gasteiger partial charge in [0, 0.05) is 19.1 Å². The monoisotopic (exact) mass is 569 g/mol. The number of nitrogens with zero attached hydrogens (tertiary/aromatic N) is 1. The molecule has 0 radical (unpaired) electrons. The molecule has 1 aliphatic heterocycles. The number of carboxylic acid groups (broad SMARTS) is 1. The van der Waals surface area contributed by atoms with Gasteiger partial charge >= 0.3 is 5.97 Å².